The van der Waals surface area contributed by atoms with Crippen molar-refractivity contribution in [1.29, 1.82) is 0 Å². The van der Waals surface area contributed by atoms with Crippen molar-refractivity contribution in [2.75, 3.05) is 19.6 Å². The Morgan fingerprint density at radius 2 is 1.69 bits per heavy atom. The number of Topliss-reactive ketones (excluding diaryl/α,β-unsaturated/α-hetero) is 1. The first-order chi connectivity index (χ1) is 17.0. The minimum absolute atomic E-state index is 0.0236. The van der Waals surface area contributed by atoms with E-state index >= 15 is 0 Å². The summed E-state index contributed by atoms with van der Waals surface area (Å²) >= 11 is 0. The van der Waals surface area contributed by atoms with Crippen LogP contribution in [0.15, 0.2) is 58.6 Å². The zero-order valence-corrected chi connectivity index (χ0v) is 20.0. The molecular formula is C29H30F2N2O2. The molecule has 1 unspecified atom stereocenters. The van der Waals surface area contributed by atoms with E-state index in [4.69, 9.17) is 4.52 Å². The van der Waals surface area contributed by atoms with Gasteiger partial charge in [-0.2, -0.15) is 0 Å². The van der Waals surface area contributed by atoms with Gasteiger partial charge in [0.1, 0.15) is 23.1 Å². The number of fused-ring (bicyclic) bond motifs is 1. The van der Waals surface area contributed by atoms with Crippen molar-refractivity contribution >= 4 is 11.9 Å². The second-order valence-electron chi connectivity index (χ2n) is 9.81. The fourth-order valence-corrected chi connectivity index (χ4v) is 5.34. The number of aromatic nitrogens is 1. The molecule has 6 heteroatoms. The highest BCUT2D eigenvalue weighted by molar-refractivity contribution is 5.97. The molecule has 2 aromatic carbocycles. The molecule has 182 valence electrons. The number of nitrogens with zero attached hydrogens (tertiary/aromatic N) is 2. The normalized spacial score (nSPS) is 18.8. The van der Waals surface area contributed by atoms with Crippen molar-refractivity contribution in [3.8, 4) is 11.3 Å². The number of likely N-dealkylation sites (tertiary alicyclic amines) is 1. The molecule has 5 rings (SSSR count). The van der Waals surface area contributed by atoms with Crippen LogP contribution in [-0.4, -0.2) is 35.5 Å². The summed E-state index contributed by atoms with van der Waals surface area (Å²) in [7, 11) is 0. The highest BCUT2D eigenvalue weighted by Crippen LogP contribution is 2.39. The molecule has 0 N–H and O–H groups in total. The van der Waals surface area contributed by atoms with Crippen LogP contribution in [0.4, 0.5) is 8.78 Å². The zero-order valence-electron chi connectivity index (χ0n) is 20.0. The van der Waals surface area contributed by atoms with E-state index in [0.717, 1.165) is 74.3 Å². The highest BCUT2D eigenvalue weighted by Gasteiger charge is 2.27. The highest BCUT2D eigenvalue weighted by atomic mass is 19.1. The lowest BCUT2D eigenvalue weighted by atomic mass is 9.85. The zero-order chi connectivity index (χ0) is 24.4. The van der Waals surface area contributed by atoms with E-state index in [0.29, 0.717) is 5.56 Å². The van der Waals surface area contributed by atoms with E-state index in [9.17, 15) is 13.6 Å². The Labute approximate surface area is 204 Å². The number of benzene rings is 2. The molecule has 0 bridgehead atoms. The average Bonchev–Trinajstić information content (AvgIpc) is 3.30. The van der Waals surface area contributed by atoms with E-state index in [1.165, 1.54) is 29.8 Å². The van der Waals surface area contributed by atoms with Gasteiger partial charge in [0.05, 0.1) is 0 Å². The van der Waals surface area contributed by atoms with Crippen LogP contribution < -0.4 is 0 Å². The summed E-state index contributed by atoms with van der Waals surface area (Å²) < 4.78 is 32.1. The Morgan fingerprint density at radius 1 is 1.03 bits per heavy atom. The molecule has 1 atom stereocenters. The number of ketones is 1. The predicted octanol–water partition coefficient (Wildman–Crippen LogP) is 6.89. The van der Waals surface area contributed by atoms with Gasteiger partial charge in [-0.1, -0.05) is 17.7 Å². The van der Waals surface area contributed by atoms with Crippen LogP contribution in [0.2, 0.25) is 0 Å². The number of hydrogen-bond donors (Lipinski definition) is 0. The van der Waals surface area contributed by atoms with Gasteiger partial charge < -0.3 is 9.42 Å². The minimum Gasteiger partial charge on any atom is -0.360 e. The molecule has 3 aromatic rings. The van der Waals surface area contributed by atoms with Crippen LogP contribution in [0.3, 0.4) is 0 Å². The number of carbonyl (C=O) groups is 1. The van der Waals surface area contributed by atoms with Gasteiger partial charge in [0.15, 0.2) is 5.78 Å². The van der Waals surface area contributed by atoms with Crippen molar-refractivity contribution in [2.45, 2.75) is 44.9 Å². The molecule has 0 spiro atoms. The Morgan fingerprint density at radius 3 is 2.37 bits per heavy atom. The van der Waals surface area contributed by atoms with E-state index in [1.807, 2.05) is 0 Å². The van der Waals surface area contributed by atoms with Gasteiger partial charge in [0.25, 0.3) is 0 Å². The number of hydrogen-bond acceptors (Lipinski definition) is 4. The van der Waals surface area contributed by atoms with Crippen LogP contribution >= 0.6 is 0 Å². The predicted molar refractivity (Wildman–Crippen MR) is 132 cm³/mol. The Kier molecular flexibility index (Phi) is 6.91. The maximum Gasteiger partial charge on any atom is 0.166 e. The van der Waals surface area contributed by atoms with E-state index in [1.54, 1.807) is 24.3 Å². The van der Waals surface area contributed by atoms with Gasteiger partial charge in [0.2, 0.25) is 0 Å². The molecule has 1 saturated heterocycles. The lowest BCUT2D eigenvalue weighted by molar-refractivity contribution is 0.0839. The second kappa shape index (κ2) is 10.2. The number of piperidine rings is 1. The average molecular weight is 477 g/mol. The summed E-state index contributed by atoms with van der Waals surface area (Å²) in [4.78, 5) is 15.2. The van der Waals surface area contributed by atoms with Crippen molar-refractivity contribution in [2.24, 2.45) is 5.92 Å². The van der Waals surface area contributed by atoms with Crippen LogP contribution in [0.5, 0.6) is 0 Å². The monoisotopic (exact) mass is 476 g/mol. The molecule has 35 heavy (non-hydrogen) atoms. The number of halogens is 2. The molecule has 4 nitrogen and oxygen atoms in total. The fraction of sp³-hybridized carbons (Fsp3) is 0.379. The molecular weight excluding hydrogens is 446 g/mol. The van der Waals surface area contributed by atoms with Crippen LogP contribution in [0.1, 0.15) is 66.6 Å². The van der Waals surface area contributed by atoms with Gasteiger partial charge in [-0.15, -0.1) is 0 Å². The quantitative estimate of drug-likeness (QED) is 0.349. The molecule has 2 heterocycles. The molecule has 0 saturated carbocycles. The third kappa shape index (κ3) is 5.27. The lowest BCUT2D eigenvalue weighted by Gasteiger charge is -2.31. The summed E-state index contributed by atoms with van der Waals surface area (Å²) in [6.45, 7) is 4.99. The van der Waals surface area contributed by atoms with E-state index in [-0.39, 0.29) is 29.3 Å². The minimum atomic E-state index is -0.314. The topological polar surface area (TPSA) is 46.3 Å². The van der Waals surface area contributed by atoms with Gasteiger partial charge in [-0.25, -0.2) is 8.78 Å². The van der Waals surface area contributed by atoms with Crippen molar-refractivity contribution < 1.29 is 18.1 Å². The van der Waals surface area contributed by atoms with Gasteiger partial charge >= 0.3 is 0 Å². The Hall–Kier alpha value is -3.12. The lowest BCUT2D eigenvalue weighted by Crippen LogP contribution is -2.37. The second-order valence-corrected chi connectivity index (χ2v) is 9.81. The van der Waals surface area contributed by atoms with Gasteiger partial charge in [-0.3, -0.25) is 4.79 Å². The summed E-state index contributed by atoms with van der Waals surface area (Å²) in [6, 6.07) is 12.3. The largest absolute Gasteiger partial charge is 0.360 e. The summed E-state index contributed by atoms with van der Waals surface area (Å²) in [5.74, 6) is 0.745. The SMILES string of the molecule is CC1CC(CCCN2CCC(C(=O)c3ccc(F)cc3)CC2)=Cc2c(-c3ccc(F)cc3)noc21. The third-order valence-electron chi connectivity index (χ3n) is 7.30. The van der Waals surface area contributed by atoms with Crippen molar-refractivity contribution in [1.82, 2.24) is 10.1 Å². The van der Waals surface area contributed by atoms with E-state index in [2.05, 4.69) is 23.1 Å². The first-order valence-corrected chi connectivity index (χ1v) is 12.4. The maximum absolute atomic E-state index is 13.3. The molecule has 2 aliphatic rings. The summed E-state index contributed by atoms with van der Waals surface area (Å²) in [5.41, 5.74) is 4.65. The first kappa shape index (κ1) is 23.6. The summed E-state index contributed by atoms with van der Waals surface area (Å²) in [5, 5.41) is 4.29. The fourth-order valence-electron chi connectivity index (χ4n) is 5.34. The van der Waals surface area contributed by atoms with Crippen molar-refractivity contribution in [3.63, 3.8) is 0 Å². The molecule has 0 radical (unpaired) electrons. The Balaban J connectivity index is 1.15. The third-order valence-corrected chi connectivity index (χ3v) is 7.30. The van der Waals surface area contributed by atoms with Crippen LogP contribution in [0, 0.1) is 17.6 Å². The molecule has 0 amide bonds. The smallest absolute Gasteiger partial charge is 0.166 e. The van der Waals surface area contributed by atoms with Gasteiger partial charge in [0, 0.05) is 28.5 Å². The molecule has 1 aliphatic carbocycles. The van der Waals surface area contributed by atoms with E-state index < -0.39 is 0 Å². The standard InChI is InChI=1S/C29H30F2N2O2/c1-19-17-20(18-26-27(32-35-29(19)26)21-4-8-24(30)9-5-21)3-2-14-33-15-12-23(13-16-33)28(34)22-6-10-25(31)11-7-22/h4-11,18-19,23H,2-3,12-17H2,1H3. The molecule has 1 fully saturated rings. The van der Waals surface area contributed by atoms with Crippen molar-refractivity contribution in [3.05, 3.63) is 82.6 Å². The molecule has 1 aliphatic heterocycles. The molecule has 1 aromatic heterocycles. The maximum atomic E-state index is 13.3. The van der Waals surface area contributed by atoms with Gasteiger partial charge in [-0.05, 0) is 106 Å². The Bertz CT molecular complexity index is 1210. The number of allylic oxidation sites excluding steroid dienone is 1. The first-order valence-electron chi connectivity index (χ1n) is 12.4. The van der Waals surface area contributed by atoms with Crippen LogP contribution in [0.25, 0.3) is 17.3 Å². The number of rotatable bonds is 7. The van der Waals surface area contributed by atoms with Crippen LogP contribution in [-0.2, 0) is 0 Å². The number of carbonyl (C=O) groups excluding carboxylic acids is 1. The summed E-state index contributed by atoms with van der Waals surface area (Å²) in [6.07, 6.45) is 6.92.